The zero-order valence-corrected chi connectivity index (χ0v) is 3.33. The van der Waals surface area contributed by atoms with Gasteiger partial charge in [-0.3, -0.25) is 4.98 Å². The van der Waals surface area contributed by atoms with Crippen LogP contribution in [0.5, 0.6) is 0 Å². The third-order valence-electron chi connectivity index (χ3n) is 0.566. The van der Waals surface area contributed by atoms with Gasteiger partial charge < -0.3 is 0 Å². The summed E-state index contributed by atoms with van der Waals surface area (Å²) in [5, 5.41) is 0. The molecule has 0 aromatic carbocycles. The fourth-order valence-electron chi connectivity index (χ4n) is 0.313. The van der Waals surface area contributed by atoms with Gasteiger partial charge in [0.1, 0.15) is 0 Å². The van der Waals surface area contributed by atoms with Gasteiger partial charge in [-0.15, -0.1) is 0 Å². The minimum absolute atomic E-state index is 0. The van der Waals surface area contributed by atoms with Gasteiger partial charge in [-0.25, -0.2) is 0 Å². The van der Waals surface area contributed by atoms with Crippen LogP contribution in [-0.4, -0.2) is 73.9 Å². The molecule has 0 fully saturated rings. The van der Waals surface area contributed by atoms with E-state index < -0.39 is 0 Å². The second-order valence-corrected chi connectivity index (χ2v) is 1.02. The van der Waals surface area contributed by atoms with E-state index in [1.807, 2.05) is 18.2 Å². The third kappa shape index (κ3) is 3.76. The third-order valence-corrected chi connectivity index (χ3v) is 0.566. The first-order valence-corrected chi connectivity index (χ1v) is 1.85. The molecule has 0 bridgehead atoms. The van der Waals surface area contributed by atoms with E-state index in [9.17, 15) is 0 Å². The van der Waals surface area contributed by atoms with Crippen LogP contribution >= 0.6 is 0 Å². The van der Waals surface area contributed by atoms with Crippen LogP contribution in [0, 0.1) is 0 Å². The minimum Gasteiger partial charge on any atom is -0.265 e. The maximum Gasteiger partial charge on any atom is 0.0267 e. The van der Waals surface area contributed by atoms with Crippen molar-refractivity contribution in [2.45, 2.75) is 0 Å². The molecule has 1 heterocycles. The smallest absolute Gasteiger partial charge is 0.0267 e. The first-order valence-electron chi connectivity index (χ1n) is 1.85. The van der Waals surface area contributed by atoms with Crippen molar-refractivity contribution in [3.63, 3.8) is 0 Å². The molecular weight excluding hydrogens is 207 g/mol. The predicted molar refractivity (Wildman–Crippen MR) is 31.4 cm³/mol. The maximum absolute atomic E-state index is 3.78. The Morgan fingerprint density at radius 2 is 1.43 bits per heavy atom. The van der Waals surface area contributed by atoms with E-state index >= 15 is 0 Å². The quantitative estimate of drug-likeness (QED) is 0.609. The molecule has 0 saturated heterocycles. The number of hydrogen-bond acceptors (Lipinski definition) is 1. The van der Waals surface area contributed by atoms with Crippen molar-refractivity contribution < 1.29 is 0 Å². The Bertz CT molecular complexity index is 80.0. The van der Waals surface area contributed by atoms with Crippen LogP contribution in [0.3, 0.4) is 0 Å². The molecule has 1 rings (SSSR count). The summed E-state index contributed by atoms with van der Waals surface area (Å²) in [6.45, 7) is 0. The molecule has 0 N–H and O–H groups in total. The molecule has 1 aromatic rings. The Labute approximate surface area is 102 Å². The zero-order chi connectivity index (χ0) is 4.24. The van der Waals surface area contributed by atoms with E-state index in [1.165, 1.54) is 0 Å². The van der Waals surface area contributed by atoms with Crippen LogP contribution in [0.15, 0.2) is 30.6 Å². The monoisotopic (exact) mass is 213 g/mol. The topological polar surface area (TPSA) is 12.9 Å². The normalized spacial score (nSPS) is 6.86. The summed E-state index contributed by atoms with van der Waals surface area (Å²) in [5.74, 6) is 0. The molecule has 7 heavy (non-hydrogen) atoms. The van der Waals surface area contributed by atoms with Crippen molar-refractivity contribution in [1.82, 2.24) is 4.98 Å². The van der Waals surface area contributed by atoms with E-state index in [0.29, 0.717) is 0 Å². The molecule has 0 spiro atoms. The molecule has 32 valence electrons. The van der Waals surface area contributed by atoms with Crippen LogP contribution in [0.4, 0.5) is 0 Å². The predicted octanol–water partition coefficient (Wildman–Crippen LogP) is 0.433. The van der Waals surface area contributed by atoms with Crippen molar-refractivity contribution in [3.05, 3.63) is 30.6 Å². The van der Waals surface area contributed by atoms with Gasteiger partial charge in [-0.1, -0.05) is 6.07 Å². The fourth-order valence-corrected chi connectivity index (χ4v) is 0.313. The SMILES string of the molecule is [CsH].c1ccncc1. The standard InChI is InChI=1S/C5H5N.Cs.H/c1-2-4-6-5-3-1;;/h1-5H;;. The Morgan fingerprint density at radius 3 is 1.57 bits per heavy atom. The fraction of sp³-hybridized carbons (Fsp3) is 0. The first-order chi connectivity index (χ1) is 3.00. The number of aromatic nitrogens is 1. The van der Waals surface area contributed by atoms with Crippen molar-refractivity contribution in [2.75, 3.05) is 0 Å². The van der Waals surface area contributed by atoms with Gasteiger partial charge in [0, 0.05) is 12.4 Å². The van der Waals surface area contributed by atoms with Gasteiger partial charge in [-0.05, 0) is 12.1 Å². The average Bonchev–Trinajstić information content (AvgIpc) is 1.72. The van der Waals surface area contributed by atoms with Crippen molar-refractivity contribution in [3.8, 4) is 0 Å². The number of rotatable bonds is 0. The Morgan fingerprint density at radius 1 is 0.857 bits per heavy atom. The van der Waals surface area contributed by atoms with Crippen molar-refractivity contribution in [2.24, 2.45) is 0 Å². The van der Waals surface area contributed by atoms with Crippen LogP contribution < -0.4 is 0 Å². The average molecular weight is 213 g/mol. The molecular formula is C5H6CsN. The molecule has 1 aromatic heterocycles. The van der Waals surface area contributed by atoms with E-state index in [4.69, 9.17) is 0 Å². The summed E-state index contributed by atoms with van der Waals surface area (Å²) in [7, 11) is 0. The van der Waals surface area contributed by atoms with Crippen LogP contribution in [0.1, 0.15) is 0 Å². The summed E-state index contributed by atoms with van der Waals surface area (Å²) in [6.07, 6.45) is 3.50. The van der Waals surface area contributed by atoms with Crippen LogP contribution in [0.25, 0.3) is 0 Å². The van der Waals surface area contributed by atoms with Crippen LogP contribution in [0.2, 0.25) is 0 Å². The second kappa shape index (κ2) is 5.34. The van der Waals surface area contributed by atoms with E-state index in [0.717, 1.165) is 0 Å². The van der Waals surface area contributed by atoms with Gasteiger partial charge >= 0.3 is 68.9 Å². The van der Waals surface area contributed by atoms with Gasteiger partial charge in [0.25, 0.3) is 0 Å². The number of hydrogen-bond donors (Lipinski definition) is 0. The van der Waals surface area contributed by atoms with Gasteiger partial charge in [0.05, 0.1) is 0 Å². The molecule has 0 amide bonds. The number of nitrogens with zero attached hydrogens (tertiary/aromatic N) is 1. The molecule has 0 saturated carbocycles. The van der Waals surface area contributed by atoms with Crippen molar-refractivity contribution in [1.29, 1.82) is 0 Å². The Hall–Kier alpha value is 1.20. The molecule has 0 atom stereocenters. The Kier molecular flexibility index (Phi) is 6.26. The van der Waals surface area contributed by atoms with E-state index in [2.05, 4.69) is 4.98 Å². The first kappa shape index (κ1) is 8.20. The van der Waals surface area contributed by atoms with E-state index in [1.54, 1.807) is 12.4 Å². The van der Waals surface area contributed by atoms with E-state index in [-0.39, 0.29) is 68.9 Å². The minimum atomic E-state index is 0. The summed E-state index contributed by atoms with van der Waals surface area (Å²) in [6, 6.07) is 5.72. The molecule has 0 unspecified atom stereocenters. The maximum atomic E-state index is 3.78. The van der Waals surface area contributed by atoms with Crippen LogP contribution in [-0.2, 0) is 0 Å². The number of pyridine rings is 1. The molecule has 0 aliphatic carbocycles. The second-order valence-electron chi connectivity index (χ2n) is 1.02. The summed E-state index contributed by atoms with van der Waals surface area (Å²) >= 11 is 0. The molecule has 0 aliphatic rings. The Balaban J connectivity index is 0.000000360. The molecule has 0 aliphatic heterocycles. The summed E-state index contributed by atoms with van der Waals surface area (Å²) in [5.41, 5.74) is 0. The zero-order valence-electron chi connectivity index (χ0n) is 3.33. The van der Waals surface area contributed by atoms with Crippen molar-refractivity contribution >= 4 is 68.9 Å². The summed E-state index contributed by atoms with van der Waals surface area (Å²) in [4.78, 5) is 3.78. The van der Waals surface area contributed by atoms with Gasteiger partial charge in [0.15, 0.2) is 0 Å². The molecule has 0 radical (unpaired) electrons. The van der Waals surface area contributed by atoms with Gasteiger partial charge in [0.2, 0.25) is 0 Å². The largest absolute Gasteiger partial charge is 0.265 e. The molecule has 2 heteroatoms. The molecule has 1 nitrogen and oxygen atoms in total. The summed E-state index contributed by atoms with van der Waals surface area (Å²) < 4.78 is 0. The van der Waals surface area contributed by atoms with Gasteiger partial charge in [-0.2, -0.15) is 0 Å².